The molecule has 0 radical (unpaired) electrons. The molecule has 18 heavy (non-hydrogen) atoms. The van der Waals surface area contributed by atoms with Gasteiger partial charge in [0.2, 0.25) is 0 Å². The average Bonchev–Trinajstić information content (AvgIpc) is 2.46. The molecule has 0 aliphatic rings. The highest BCUT2D eigenvalue weighted by Crippen LogP contribution is 2.16. The van der Waals surface area contributed by atoms with Gasteiger partial charge < -0.3 is 5.11 Å². The first kappa shape index (κ1) is 12.7. The summed E-state index contributed by atoms with van der Waals surface area (Å²) in [6.45, 7) is -0.122. The highest BCUT2D eigenvalue weighted by atomic mass is 32.2. The SMILES string of the molecule is O=S(/C=C(/CO)c1ccccc1)c1ccccc1. The summed E-state index contributed by atoms with van der Waals surface area (Å²) < 4.78 is 12.1. The van der Waals surface area contributed by atoms with Crippen LogP contribution in [0, 0.1) is 0 Å². The fourth-order valence-electron chi connectivity index (χ4n) is 1.60. The summed E-state index contributed by atoms with van der Waals surface area (Å²) in [6.07, 6.45) is 0. The standard InChI is InChI=1S/C15H14O2S/c16-11-14(13-7-3-1-4-8-13)12-18(17)15-9-5-2-6-10-15/h1-10,12,16H,11H2/b14-12-. The summed E-state index contributed by atoms with van der Waals surface area (Å²) in [7, 11) is -1.24. The molecule has 0 saturated heterocycles. The minimum atomic E-state index is -1.24. The van der Waals surface area contributed by atoms with Crippen LogP contribution < -0.4 is 0 Å². The Balaban J connectivity index is 2.29. The Hall–Kier alpha value is -1.71. The third-order valence-corrected chi connectivity index (χ3v) is 3.78. The Morgan fingerprint density at radius 1 is 1.00 bits per heavy atom. The van der Waals surface area contributed by atoms with Gasteiger partial charge in [0.15, 0.2) is 0 Å². The molecule has 0 aliphatic carbocycles. The maximum Gasteiger partial charge on any atom is 0.0779 e. The van der Waals surface area contributed by atoms with E-state index in [9.17, 15) is 9.32 Å². The molecule has 2 aromatic rings. The predicted octanol–water partition coefficient (Wildman–Crippen LogP) is 2.83. The van der Waals surface area contributed by atoms with Gasteiger partial charge in [-0.1, -0.05) is 48.5 Å². The summed E-state index contributed by atoms with van der Waals surface area (Å²) >= 11 is 0. The van der Waals surface area contributed by atoms with Gasteiger partial charge in [-0.3, -0.25) is 0 Å². The fraction of sp³-hybridized carbons (Fsp3) is 0.0667. The van der Waals surface area contributed by atoms with Gasteiger partial charge in [-0.05, 0) is 23.3 Å². The molecule has 0 amide bonds. The van der Waals surface area contributed by atoms with Crippen molar-refractivity contribution in [3.8, 4) is 0 Å². The van der Waals surface area contributed by atoms with Crippen LogP contribution in [0.2, 0.25) is 0 Å². The Bertz CT molecular complexity index is 547. The van der Waals surface area contributed by atoms with Crippen LogP contribution in [0.5, 0.6) is 0 Å². The van der Waals surface area contributed by atoms with Crippen LogP contribution >= 0.6 is 0 Å². The molecule has 0 fully saturated rings. The summed E-state index contributed by atoms with van der Waals surface area (Å²) in [5, 5.41) is 11.0. The zero-order valence-corrected chi connectivity index (χ0v) is 10.6. The van der Waals surface area contributed by atoms with Crippen LogP contribution in [0.1, 0.15) is 5.56 Å². The highest BCUT2D eigenvalue weighted by Gasteiger charge is 2.04. The topological polar surface area (TPSA) is 37.3 Å². The molecule has 0 bridgehead atoms. The first-order chi connectivity index (χ1) is 8.81. The molecule has 1 atom stereocenters. The van der Waals surface area contributed by atoms with Gasteiger partial charge in [-0.2, -0.15) is 0 Å². The van der Waals surface area contributed by atoms with Crippen molar-refractivity contribution < 1.29 is 9.32 Å². The zero-order valence-electron chi connectivity index (χ0n) is 9.82. The minimum absolute atomic E-state index is 0.122. The predicted molar refractivity (Wildman–Crippen MR) is 74.4 cm³/mol. The van der Waals surface area contributed by atoms with Crippen LogP contribution in [-0.4, -0.2) is 15.9 Å². The van der Waals surface area contributed by atoms with E-state index in [0.29, 0.717) is 5.57 Å². The lowest BCUT2D eigenvalue weighted by atomic mass is 10.1. The fourth-order valence-corrected chi connectivity index (χ4v) is 2.63. The van der Waals surface area contributed by atoms with E-state index < -0.39 is 10.8 Å². The Morgan fingerprint density at radius 3 is 2.11 bits per heavy atom. The second-order valence-electron chi connectivity index (χ2n) is 3.78. The monoisotopic (exact) mass is 258 g/mol. The summed E-state index contributed by atoms with van der Waals surface area (Å²) in [6, 6.07) is 18.7. The van der Waals surface area contributed by atoms with Crippen LogP contribution in [0.15, 0.2) is 71.0 Å². The van der Waals surface area contributed by atoms with Crippen molar-refractivity contribution >= 4 is 16.4 Å². The molecule has 0 aliphatic heterocycles. The molecule has 1 unspecified atom stereocenters. The molecule has 0 spiro atoms. The van der Waals surface area contributed by atoms with Crippen molar-refractivity contribution in [2.75, 3.05) is 6.61 Å². The molecule has 1 N–H and O–H groups in total. The number of aliphatic hydroxyl groups is 1. The largest absolute Gasteiger partial charge is 0.392 e. The van der Waals surface area contributed by atoms with E-state index in [1.807, 2.05) is 60.7 Å². The maximum atomic E-state index is 12.1. The smallest absolute Gasteiger partial charge is 0.0779 e. The normalized spacial score (nSPS) is 13.3. The van der Waals surface area contributed by atoms with Gasteiger partial charge in [0.1, 0.15) is 0 Å². The molecule has 92 valence electrons. The van der Waals surface area contributed by atoms with Crippen molar-refractivity contribution in [2.45, 2.75) is 4.90 Å². The summed E-state index contributed by atoms with van der Waals surface area (Å²) in [4.78, 5) is 0.736. The van der Waals surface area contributed by atoms with E-state index in [0.717, 1.165) is 10.5 Å². The molecule has 2 aromatic carbocycles. The molecule has 0 aromatic heterocycles. The number of rotatable bonds is 4. The van der Waals surface area contributed by atoms with Crippen molar-refractivity contribution in [2.24, 2.45) is 0 Å². The Morgan fingerprint density at radius 2 is 1.56 bits per heavy atom. The number of hydrogen-bond acceptors (Lipinski definition) is 2. The van der Waals surface area contributed by atoms with E-state index in [2.05, 4.69) is 0 Å². The third-order valence-electron chi connectivity index (χ3n) is 2.54. The zero-order chi connectivity index (χ0) is 12.8. The molecule has 0 saturated carbocycles. The lowest BCUT2D eigenvalue weighted by molar-refractivity contribution is 0.350. The second-order valence-corrected chi connectivity index (χ2v) is 5.08. The first-order valence-corrected chi connectivity index (χ1v) is 6.85. The maximum absolute atomic E-state index is 12.1. The van der Waals surface area contributed by atoms with E-state index in [4.69, 9.17) is 0 Å². The van der Waals surface area contributed by atoms with Crippen LogP contribution in [-0.2, 0) is 10.8 Å². The number of aliphatic hydroxyl groups excluding tert-OH is 1. The average molecular weight is 258 g/mol. The molecule has 0 heterocycles. The second kappa shape index (κ2) is 6.28. The highest BCUT2D eigenvalue weighted by molar-refractivity contribution is 7.88. The Kier molecular flexibility index (Phi) is 4.45. The lowest BCUT2D eigenvalue weighted by Gasteiger charge is -2.04. The van der Waals surface area contributed by atoms with E-state index in [1.54, 1.807) is 5.41 Å². The van der Waals surface area contributed by atoms with Crippen molar-refractivity contribution in [3.63, 3.8) is 0 Å². The lowest BCUT2D eigenvalue weighted by Crippen LogP contribution is -1.94. The first-order valence-electron chi connectivity index (χ1n) is 5.64. The number of benzene rings is 2. The molecule has 3 heteroatoms. The molecule has 2 rings (SSSR count). The van der Waals surface area contributed by atoms with Crippen molar-refractivity contribution in [1.82, 2.24) is 0 Å². The van der Waals surface area contributed by atoms with Crippen LogP contribution in [0.4, 0.5) is 0 Å². The van der Waals surface area contributed by atoms with Crippen LogP contribution in [0.25, 0.3) is 5.57 Å². The van der Waals surface area contributed by atoms with Gasteiger partial charge >= 0.3 is 0 Å². The Labute approximate surface area is 109 Å². The van der Waals surface area contributed by atoms with Crippen molar-refractivity contribution in [3.05, 3.63) is 71.6 Å². The van der Waals surface area contributed by atoms with E-state index >= 15 is 0 Å². The van der Waals surface area contributed by atoms with Gasteiger partial charge in [0, 0.05) is 10.3 Å². The van der Waals surface area contributed by atoms with Gasteiger partial charge in [-0.25, -0.2) is 4.21 Å². The number of hydrogen-bond donors (Lipinski definition) is 1. The van der Waals surface area contributed by atoms with Gasteiger partial charge in [0.25, 0.3) is 0 Å². The molecule has 2 nitrogen and oxygen atoms in total. The van der Waals surface area contributed by atoms with E-state index in [-0.39, 0.29) is 6.61 Å². The summed E-state index contributed by atoms with van der Waals surface area (Å²) in [5.41, 5.74) is 1.57. The van der Waals surface area contributed by atoms with Crippen LogP contribution in [0.3, 0.4) is 0 Å². The van der Waals surface area contributed by atoms with Gasteiger partial charge in [0.05, 0.1) is 17.4 Å². The molecular weight excluding hydrogens is 244 g/mol. The molecular formula is C15H14O2S. The quantitative estimate of drug-likeness (QED) is 0.915. The summed E-state index contributed by atoms with van der Waals surface area (Å²) in [5.74, 6) is 0. The van der Waals surface area contributed by atoms with Crippen molar-refractivity contribution in [1.29, 1.82) is 0 Å². The van der Waals surface area contributed by atoms with Gasteiger partial charge in [-0.15, -0.1) is 0 Å². The third kappa shape index (κ3) is 3.15. The minimum Gasteiger partial charge on any atom is -0.392 e. The van der Waals surface area contributed by atoms with E-state index in [1.165, 1.54) is 0 Å².